The van der Waals surface area contributed by atoms with Crippen molar-refractivity contribution in [2.24, 2.45) is 0 Å². The minimum atomic E-state index is -0.508. The average Bonchev–Trinajstić information content (AvgIpc) is 3.07. The minimum Gasteiger partial charge on any atom is -0.493 e. The van der Waals surface area contributed by atoms with Crippen molar-refractivity contribution in [3.05, 3.63) is 52.4 Å². The van der Waals surface area contributed by atoms with Gasteiger partial charge < -0.3 is 14.2 Å². The van der Waals surface area contributed by atoms with Crippen molar-refractivity contribution in [3.8, 4) is 17.2 Å². The smallest absolute Gasteiger partial charge is 0.280 e. The maximum Gasteiger partial charge on any atom is 0.280 e. The largest absolute Gasteiger partial charge is 0.493 e. The van der Waals surface area contributed by atoms with Gasteiger partial charge in [0.2, 0.25) is 5.75 Å². The van der Waals surface area contributed by atoms with Gasteiger partial charge in [-0.3, -0.25) is 20.4 Å². The number of benzene rings is 2. The maximum absolute atomic E-state index is 12.5. The standard InChI is InChI=1S/C20H20N2O5S/c1-11-13-7-5-6-8-16(13)28-18(11)20(24)22-21-19(23)12-9-14(25-2)17(27-4)15(10-12)26-3/h5-10H,1-4H3,(H,21,23)(H,22,24). The molecule has 1 heterocycles. The Morgan fingerprint density at radius 2 is 1.50 bits per heavy atom. The van der Waals surface area contributed by atoms with E-state index in [4.69, 9.17) is 14.2 Å². The Labute approximate surface area is 166 Å². The Morgan fingerprint density at radius 1 is 0.893 bits per heavy atom. The summed E-state index contributed by atoms with van der Waals surface area (Å²) in [4.78, 5) is 25.6. The molecule has 2 aromatic carbocycles. The Balaban J connectivity index is 1.78. The Kier molecular flexibility index (Phi) is 5.70. The number of carbonyl (C=O) groups excluding carboxylic acids is 2. The van der Waals surface area contributed by atoms with E-state index in [9.17, 15) is 9.59 Å². The first kappa shape index (κ1) is 19.5. The summed E-state index contributed by atoms with van der Waals surface area (Å²) >= 11 is 1.38. The fourth-order valence-corrected chi connectivity index (χ4v) is 3.95. The van der Waals surface area contributed by atoms with E-state index >= 15 is 0 Å². The fraction of sp³-hybridized carbons (Fsp3) is 0.200. The van der Waals surface area contributed by atoms with E-state index in [-0.39, 0.29) is 11.5 Å². The van der Waals surface area contributed by atoms with Gasteiger partial charge in [0.05, 0.1) is 26.2 Å². The molecule has 0 aliphatic rings. The van der Waals surface area contributed by atoms with E-state index in [0.717, 1.165) is 15.6 Å². The molecular formula is C20H20N2O5S. The molecule has 3 aromatic rings. The second-order valence-corrected chi connectivity index (χ2v) is 6.93. The lowest BCUT2D eigenvalue weighted by Crippen LogP contribution is -2.41. The first-order valence-corrected chi connectivity index (χ1v) is 9.20. The van der Waals surface area contributed by atoms with E-state index < -0.39 is 5.91 Å². The molecule has 146 valence electrons. The van der Waals surface area contributed by atoms with Crippen LogP contribution in [0.2, 0.25) is 0 Å². The zero-order chi connectivity index (χ0) is 20.3. The number of fused-ring (bicyclic) bond motifs is 1. The lowest BCUT2D eigenvalue weighted by molar-refractivity contribution is 0.0848. The quantitative estimate of drug-likeness (QED) is 0.642. The molecular weight excluding hydrogens is 380 g/mol. The summed E-state index contributed by atoms with van der Waals surface area (Å²) in [5.74, 6) is 0.190. The van der Waals surface area contributed by atoms with E-state index in [1.54, 1.807) is 0 Å². The number of aryl methyl sites for hydroxylation is 1. The van der Waals surface area contributed by atoms with Crippen LogP contribution >= 0.6 is 11.3 Å². The number of amides is 2. The van der Waals surface area contributed by atoms with E-state index in [2.05, 4.69) is 10.9 Å². The summed E-state index contributed by atoms with van der Waals surface area (Å²) in [7, 11) is 4.41. The van der Waals surface area contributed by atoms with E-state index in [1.165, 1.54) is 44.8 Å². The molecule has 0 unspecified atom stereocenters. The van der Waals surface area contributed by atoms with Crippen LogP contribution in [-0.2, 0) is 0 Å². The molecule has 0 bridgehead atoms. The molecule has 8 heteroatoms. The molecule has 0 aliphatic heterocycles. The highest BCUT2D eigenvalue weighted by Gasteiger charge is 2.19. The van der Waals surface area contributed by atoms with Crippen LogP contribution in [0.3, 0.4) is 0 Å². The monoisotopic (exact) mass is 400 g/mol. The third kappa shape index (κ3) is 3.59. The average molecular weight is 400 g/mol. The molecule has 1 aromatic heterocycles. The van der Waals surface area contributed by atoms with Gasteiger partial charge in [0, 0.05) is 10.3 Å². The predicted molar refractivity (Wildman–Crippen MR) is 108 cm³/mol. The van der Waals surface area contributed by atoms with Gasteiger partial charge in [-0.1, -0.05) is 18.2 Å². The second kappa shape index (κ2) is 8.18. The lowest BCUT2D eigenvalue weighted by Gasteiger charge is -2.14. The number of hydrazine groups is 1. The molecule has 7 nitrogen and oxygen atoms in total. The van der Waals surface area contributed by atoms with Crippen LogP contribution in [0.15, 0.2) is 36.4 Å². The van der Waals surface area contributed by atoms with Crippen molar-refractivity contribution >= 4 is 33.2 Å². The number of methoxy groups -OCH3 is 3. The lowest BCUT2D eigenvalue weighted by atomic mass is 10.1. The van der Waals surface area contributed by atoms with Crippen molar-refractivity contribution < 1.29 is 23.8 Å². The molecule has 0 aliphatic carbocycles. The SMILES string of the molecule is COc1cc(C(=O)NNC(=O)c2sc3ccccc3c2C)cc(OC)c1OC. The number of rotatable bonds is 5. The highest BCUT2D eigenvalue weighted by Crippen LogP contribution is 2.38. The van der Waals surface area contributed by atoms with Crippen molar-refractivity contribution in [3.63, 3.8) is 0 Å². The second-order valence-electron chi connectivity index (χ2n) is 5.87. The molecule has 0 spiro atoms. The molecule has 0 fully saturated rings. The summed E-state index contributed by atoms with van der Waals surface area (Å²) < 4.78 is 16.7. The molecule has 0 saturated carbocycles. The molecule has 0 atom stereocenters. The van der Waals surface area contributed by atoms with E-state index in [1.807, 2.05) is 31.2 Å². The molecule has 3 rings (SSSR count). The number of ether oxygens (including phenoxy) is 3. The Hall–Kier alpha value is -3.26. The summed E-state index contributed by atoms with van der Waals surface area (Å²) in [6, 6.07) is 10.8. The van der Waals surface area contributed by atoms with Crippen molar-refractivity contribution in [2.75, 3.05) is 21.3 Å². The van der Waals surface area contributed by atoms with Crippen LogP contribution in [0, 0.1) is 6.92 Å². The van der Waals surface area contributed by atoms with Gasteiger partial charge in [-0.05, 0) is 36.1 Å². The first-order valence-electron chi connectivity index (χ1n) is 8.39. The highest BCUT2D eigenvalue weighted by atomic mass is 32.1. The van der Waals surface area contributed by atoms with Gasteiger partial charge >= 0.3 is 0 Å². The van der Waals surface area contributed by atoms with Crippen LogP contribution in [0.1, 0.15) is 25.6 Å². The van der Waals surface area contributed by atoms with Gasteiger partial charge in [-0.15, -0.1) is 11.3 Å². The van der Waals surface area contributed by atoms with Crippen molar-refractivity contribution in [1.29, 1.82) is 0 Å². The Bertz CT molecular complexity index is 1020. The van der Waals surface area contributed by atoms with Crippen LogP contribution in [-0.4, -0.2) is 33.1 Å². The minimum absolute atomic E-state index is 0.253. The van der Waals surface area contributed by atoms with Gasteiger partial charge in [0.15, 0.2) is 11.5 Å². The van der Waals surface area contributed by atoms with Gasteiger partial charge in [-0.25, -0.2) is 0 Å². The summed E-state index contributed by atoms with van der Waals surface area (Å²) in [5.41, 5.74) is 6.01. The number of nitrogens with one attached hydrogen (secondary N) is 2. The number of hydrogen-bond acceptors (Lipinski definition) is 6. The molecule has 2 N–H and O–H groups in total. The highest BCUT2D eigenvalue weighted by molar-refractivity contribution is 7.21. The topological polar surface area (TPSA) is 85.9 Å². The zero-order valence-corrected chi connectivity index (χ0v) is 16.7. The van der Waals surface area contributed by atoms with Gasteiger partial charge in [0.25, 0.3) is 11.8 Å². The molecule has 0 radical (unpaired) electrons. The summed E-state index contributed by atoms with van der Waals surface area (Å²) in [5, 5.41) is 1.02. The number of thiophene rings is 1. The molecule has 28 heavy (non-hydrogen) atoms. The normalized spacial score (nSPS) is 10.4. The number of carbonyl (C=O) groups is 2. The molecule has 2 amide bonds. The predicted octanol–water partition coefficient (Wildman–Crippen LogP) is 3.31. The third-order valence-electron chi connectivity index (χ3n) is 4.27. The van der Waals surface area contributed by atoms with Crippen LogP contribution < -0.4 is 25.1 Å². The first-order chi connectivity index (χ1) is 13.5. The van der Waals surface area contributed by atoms with Crippen LogP contribution in [0.4, 0.5) is 0 Å². The van der Waals surface area contributed by atoms with Crippen molar-refractivity contribution in [2.45, 2.75) is 6.92 Å². The summed E-state index contributed by atoms with van der Waals surface area (Å²) in [6.07, 6.45) is 0. The van der Waals surface area contributed by atoms with Crippen LogP contribution in [0.5, 0.6) is 17.2 Å². The summed E-state index contributed by atoms with van der Waals surface area (Å²) in [6.45, 7) is 1.88. The Morgan fingerprint density at radius 3 is 2.07 bits per heavy atom. The van der Waals surface area contributed by atoms with Crippen LogP contribution in [0.25, 0.3) is 10.1 Å². The zero-order valence-electron chi connectivity index (χ0n) is 15.9. The van der Waals surface area contributed by atoms with E-state index in [0.29, 0.717) is 22.1 Å². The van der Waals surface area contributed by atoms with Crippen molar-refractivity contribution in [1.82, 2.24) is 10.9 Å². The van der Waals surface area contributed by atoms with Gasteiger partial charge in [0.1, 0.15) is 0 Å². The third-order valence-corrected chi connectivity index (χ3v) is 5.54. The molecule has 0 saturated heterocycles. The fourth-order valence-electron chi connectivity index (χ4n) is 2.85. The van der Waals surface area contributed by atoms with Gasteiger partial charge in [-0.2, -0.15) is 0 Å². The maximum atomic E-state index is 12.5. The number of hydrogen-bond donors (Lipinski definition) is 2.